The van der Waals surface area contributed by atoms with E-state index in [0.29, 0.717) is 31.2 Å². The molecule has 2 atom stereocenters. The maximum absolute atomic E-state index is 10.9. The Balaban J connectivity index is 0.000000236. The van der Waals surface area contributed by atoms with Gasteiger partial charge in [-0.3, -0.25) is 0 Å². The zero-order valence-corrected chi connectivity index (χ0v) is 24.3. The molecule has 0 spiro atoms. The number of hydrogen-bond donors (Lipinski definition) is 2. The van der Waals surface area contributed by atoms with Crippen LogP contribution in [-0.4, -0.2) is 30.0 Å². The van der Waals surface area contributed by atoms with Gasteiger partial charge in [0.1, 0.15) is 18.5 Å². The third kappa shape index (κ3) is 9.69. The summed E-state index contributed by atoms with van der Waals surface area (Å²) < 4.78 is 5.58. The van der Waals surface area contributed by atoms with Gasteiger partial charge in [0.2, 0.25) is 11.5 Å². The van der Waals surface area contributed by atoms with Crippen molar-refractivity contribution in [2.75, 3.05) is 0 Å². The van der Waals surface area contributed by atoms with Gasteiger partial charge in [0, 0.05) is 31.2 Å². The Bertz CT molecular complexity index is 1470. The second kappa shape index (κ2) is 15.9. The second-order valence-electron chi connectivity index (χ2n) is 7.89. The number of nitro groups is 2. The molecule has 0 saturated carbocycles. The van der Waals surface area contributed by atoms with Gasteiger partial charge in [0.05, 0.1) is 6.10 Å². The van der Waals surface area contributed by atoms with E-state index < -0.39 is 33.6 Å². The quantitative estimate of drug-likeness (QED) is 0.156. The maximum atomic E-state index is 10.9. The molecule has 2 heterocycles. The molecule has 0 amide bonds. The largest absolute Gasteiger partial charge is 0.501 e. The number of aromatic hydroxyl groups is 1. The Kier molecular flexibility index (Phi) is 13.0. The van der Waals surface area contributed by atoms with E-state index in [2.05, 4.69) is 9.97 Å². The molecule has 2 N–H and O–H groups in total. The lowest BCUT2D eigenvalue weighted by Crippen LogP contribution is -2.07. The van der Waals surface area contributed by atoms with Crippen molar-refractivity contribution in [1.29, 1.82) is 0 Å². The van der Waals surface area contributed by atoms with E-state index in [0.717, 1.165) is 0 Å². The Hall–Kier alpha value is -3.74. The lowest BCUT2D eigenvalue weighted by atomic mass is 10.1. The van der Waals surface area contributed by atoms with Crippen LogP contribution in [0.15, 0.2) is 73.1 Å². The minimum absolute atomic E-state index is 0.0704. The van der Waals surface area contributed by atoms with Crippen LogP contribution in [0, 0.1) is 20.2 Å². The molecule has 2 unspecified atom stereocenters. The van der Waals surface area contributed by atoms with Crippen LogP contribution < -0.4 is 4.74 Å². The SMILES string of the molecule is CC(O)c1c(Cl)cccc1Cl.CC(Oc1cccnc1[N+](=O)[O-])c1c(Cl)cccc1Cl.O=[N+]([O-])c1ncccc1O. The zero-order valence-electron chi connectivity index (χ0n) is 21.3. The average molecular weight is 644 g/mol. The minimum Gasteiger partial charge on any atom is -0.501 e. The summed E-state index contributed by atoms with van der Waals surface area (Å²) in [6.07, 6.45) is 1.42. The first-order chi connectivity index (χ1) is 19.3. The molecule has 4 aromatic rings. The van der Waals surface area contributed by atoms with Gasteiger partial charge in [0.15, 0.2) is 0 Å². The number of rotatable bonds is 6. The summed E-state index contributed by atoms with van der Waals surface area (Å²) in [5, 5.41) is 40.8. The Morgan fingerprint density at radius 2 is 1.17 bits per heavy atom. The standard InChI is InChI=1S/C13H10Cl2N2O3.C8H8Cl2O.C5H4N2O3/c1-8(12-9(14)4-2-5-10(12)15)20-11-6-3-7-16-13(11)17(18)19;1-5(11)8-6(9)3-2-4-7(8)10;8-4-2-1-3-6-5(4)7(9)10/h2-8H,1H3;2-5,11H,1H3;1-3,8H. The number of aliphatic hydroxyl groups is 1. The Morgan fingerprint density at radius 3 is 1.56 bits per heavy atom. The van der Waals surface area contributed by atoms with Gasteiger partial charge >= 0.3 is 11.6 Å². The van der Waals surface area contributed by atoms with E-state index in [-0.39, 0.29) is 11.6 Å². The predicted octanol–water partition coefficient (Wildman–Crippen LogP) is 8.18. The second-order valence-corrected chi connectivity index (χ2v) is 9.52. The fourth-order valence-corrected chi connectivity index (χ4v) is 4.62. The fraction of sp³-hybridized carbons (Fsp3) is 0.154. The lowest BCUT2D eigenvalue weighted by Gasteiger charge is -2.17. The summed E-state index contributed by atoms with van der Waals surface area (Å²) >= 11 is 23.7. The molecule has 0 aliphatic rings. The van der Waals surface area contributed by atoms with Gasteiger partial charge in [-0.05, 0) is 82.2 Å². The number of halogens is 4. The summed E-state index contributed by atoms with van der Waals surface area (Å²) in [7, 11) is 0. The monoisotopic (exact) mass is 642 g/mol. The molecule has 0 saturated heterocycles. The van der Waals surface area contributed by atoms with Gasteiger partial charge in [-0.2, -0.15) is 0 Å². The van der Waals surface area contributed by atoms with Crippen LogP contribution in [0.1, 0.15) is 37.2 Å². The van der Waals surface area contributed by atoms with E-state index in [4.69, 9.17) is 56.2 Å². The molecule has 11 nitrogen and oxygen atoms in total. The molecule has 0 aliphatic heterocycles. The van der Waals surface area contributed by atoms with Crippen LogP contribution in [0.4, 0.5) is 11.6 Å². The van der Waals surface area contributed by atoms with Gasteiger partial charge in [0.25, 0.3) is 0 Å². The first-order valence-electron chi connectivity index (χ1n) is 11.4. The molecule has 0 aliphatic carbocycles. The van der Waals surface area contributed by atoms with E-state index in [9.17, 15) is 25.3 Å². The summed E-state index contributed by atoms with van der Waals surface area (Å²) in [6.45, 7) is 3.34. The van der Waals surface area contributed by atoms with Crippen LogP contribution in [0.2, 0.25) is 20.1 Å². The van der Waals surface area contributed by atoms with Crippen molar-refractivity contribution in [3.63, 3.8) is 0 Å². The van der Waals surface area contributed by atoms with Crippen LogP contribution in [-0.2, 0) is 0 Å². The van der Waals surface area contributed by atoms with E-state index in [1.165, 1.54) is 30.6 Å². The van der Waals surface area contributed by atoms with Crippen LogP contribution >= 0.6 is 46.4 Å². The molecule has 4 rings (SSSR count). The van der Waals surface area contributed by atoms with Crippen molar-refractivity contribution in [3.8, 4) is 11.5 Å². The molecule has 15 heteroatoms. The zero-order chi connectivity index (χ0) is 30.7. The molecule has 41 heavy (non-hydrogen) atoms. The molecule has 0 fully saturated rings. The van der Waals surface area contributed by atoms with Crippen molar-refractivity contribution in [2.24, 2.45) is 0 Å². The van der Waals surface area contributed by atoms with Crippen LogP contribution in [0.3, 0.4) is 0 Å². The number of hydrogen-bond acceptors (Lipinski definition) is 9. The summed E-state index contributed by atoms with van der Waals surface area (Å²) in [5.74, 6) is -1.20. The van der Waals surface area contributed by atoms with Crippen molar-refractivity contribution in [2.45, 2.75) is 26.1 Å². The summed E-state index contributed by atoms with van der Waals surface area (Å²) in [6, 6.07) is 15.9. The Morgan fingerprint density at radius 1 is 0.732 bits per heavy atom. The highest BCUT2D eigenvalue weighted by molar-refractivity contribution is 6.36. The third-order valence-electron chi connectivity index (χ3n) is 4.99. The number of aromatic nitrogens is 2. The van der Waals surface area contributed by atoms with Crippen molar-refractivity contribution in [1.82, 2.24) is 9.97 Å². The average Bonchev–Trinajstić information content (AvgIpc) is 2.89. The van der Waals surface area contributed by atoms with E-state index in [1.54, 1.807) is 56.3 Å². The van der Waals surface area contributed by atoms with Gasteiger partial charge < -0.3 is 35.2 Å². The molecule has 216 valence electrons. The normalized spacial score (nSPS) is 11.6. The molecular formula is C26H22Cl4N4O7. The lowest BCUT2D eigenvalue weighted by molar-refractivity contribution is -0.390. The van der Waals surface area contributed by atoms with E-state index in [1.807, 2.05) is 0 Å². The van der Waals surface area contributed by atoms with Crippen LogP contribution in [0.5, 0.6) is 11.5 Å². The smallest absolute Gasteiger partial charge is 0.406 e. The number of ether oxygens (including phenoxy) is 1. The third-order valence-corrected chi connectivity index (χ3v) is 6.31. The topological polar surface area (TPSA) is 162 Å². The van der Waals surface area contributed by atoms with Crippen molar-refractivity contribution >= 4 is 58.0 Å². The molecule has 2 aromatic carbocycles. The number of pyridine rings is 2. The Labute approximate surface area is 254 Å². The minimum atomic E-state index is -0.741. The number of nitrogens with zero attached hydrogens (tertiary/aromatic N) is 4. The highest BCUT2D eigenvalue weighted by atomic mass is 35.5. The van der Waals surface area contributed by atoms with E-state index >= 15 is 0 Å². The summed E-state index contributed by atoms with van der Waals surface area (Å²) in [4.78, 5) is 26.6. The molecule has 2 aromatic heterocycles. The predicted molar refractivity (Wildman–Crippen MR) is 156 cm³/mol. The number of aliphatic hydroxyl groups excluding tert-OH is 1. The molecular weight excluding hydrogens is 622 g/mol. The molecule has 0 bridgehead atoms. The van der Waals surface area contributed by atoms with Crippen molar-refractivity contribution < 1.29 is 24.8 Å². The number of benzene rings is 2. The van der Waals surface area contributed by atoms with Gasteiger partial charge in [-0.15, -0.1) is 0 Å². The van der Waals surface area contributed by atoms with Gasteiger partial charge in [-0.1, -0.05) is 58.5 Å². The van der Waals surface area contributed by atoms with Crippen LogP contribution in [0.25, 0.3) is 0 Å². The van der Waals surface area contributed by atoms with Gasteiger partial charge in [-0.25, -0.2) is 0 Å². The van der Waals surface area contributed by atoms with Crippen molar-refractivity contribution in [3.05, 3.63) is 125 Å². The maximum Gasteiger partial charge on any atom is 0.406 e. The highest BCUT2D eigenvalue weighted by Crippen LogP contribution is 2.35. The first kappa shape index (κ1) is 33.5. The highest BCUT2D eigenvalue weighted by Gasteiger charge is 2.21. The molecule has 0 radical (unpaired) electrons. The fourth-order valence-electron chi connectivity index (χ4n) is 3.20. The summed E-state index contributed by atoms with van der Waals surface area (Å²) in [5.41, 5.74) is 1.17. The first-order valence-corrected chi connectivity index (χ1v) is 13.0.